The van der Waals surface area contributed by atoms with Crippen molar-refractivity contribution in [1.29, 1.82) is 0 Å². The van der Waals surface area contributed by atoms with Gasteiger partial charge in [0.05, 0.1) is 5.56 Å². The Morgan fingerprint density at radius 3 is 2.62 bits per heavy atom. The largest absolute Gasteiger partial charge is 0.350 e. The summed E-state index contributed by atoms with van der Waals surface area (Å²) in [7, 11) is 0. The zero-order valence-corrected chi connectivity index (χ0v) is 14.1. The van der Waals surface area contributed by atoms with E-state index in [-0.39, 0.29) is 29.0 Å². The molecule has 136 valence electrons. The quantitative estimate of drug-likeness (QED) is 0.788. The lowest BCUT2D eigenvalue weighted by Gasteiger charge is -2.38. The molecule has 0 N–H and O–H groups in total. The summed E-state index contributed by atoms with van der Waals surface area (Å²) in [6.07, 6.45) is 1.23. The SMILES string of the molecule is C=CC(=O)N1CCN(C(=O)c2cc(-c3c(F)cccc3F)no2)[C@@H](C)C1. The maximum Gasteiger partial charge on any atom is 0.292 e. The number of rotatable bonds is 3. The Morgan fingerprint density at radius 1 is 1.31 bits per heavy atom. The van der Waals surface area contributed by atoms with Crippen molar-refractivity contribution < 1.29 is 22.9 Å². The van der Waals surface area contributed by atoms with Crippen LogP contribution < -0.4 is 0 Å². The van der Waals surface area contributed by atoms with Crippen LogP contribution in [0.1, 0.15) is 17.5 Å². The minimum atomic E-state index is -0.790. The second kappa shape index (κ2) is 7.07. The van der Waals surface area contributed by atoms with Crippen molar-refractivity contribution in [3.63, 3.8) is 0 Å². The second-order valence-electron chi connectivity index (χ2n) is 6.01. The third-order valence-corrected chi connectivity index (χ3v) is 4.31. The average Bonchev–Trinajstić information content (AvgIpc) is 3.10. The molecule has 6 nitrogen and oxygen atoms in total. The summed E-state index contributed by atoms with van der Waals surface area (Å²) in [6.45, 7) is 6.29. The van der Waals surface area contributed by atoms with Gasteiger partial charge < -0.3 is 14.3 Å². The van der Waals surface area contributed by atoms with E-state index in [1.54, 1.807) is 11.8 Å². The van der Waals surface area contributed by atoms with Crippen LogP contribution in [0.3, 0.4) is 0 Å². The molecule has 0 unspecified atom stereocenters. The van der Waals surface area contributed by atoms with Crippen LogP contribution in [-0.4, -0.2) is 52.4 Å². The minimum Gasteiger partial charge on any atom is -0.350 e. The molecule has 0 spiro atoms. The lowest BCUT2D eigenvalue weighted by molar-refractivity contribution is -0.128. The van der Waals surface area contributed by atoms with Crippen LogP contribution in [0.15, 0.2) is 41.4 Å². The minimum absolute atomic E-state index is 0.0860. The van der Waals surface area contributed by atoms with Gasteiger partial charge in [0, 0.05) is 31.7 Å². The Balaban J connectivity index is 1.79. The third kappa shape index (κ3) is 3.22. The van der Waals surface area contributed by atoms with Crippen LogP contribution in [0.2, 0.25) is 0 Å². The van der Waals surface area contributed by atoms with E-state index in [2.05, 4.69) is 11.7 Å². The fourth-order valence-corrected chi connectivity index (χ4v) is 2.97. The highest BCUT2D eigenvalue weighted by Crippen LogP contribution is 2.26. The van der Waals surface area contributed by atoms with Crippen LogP contribution in [-0.2, 0) is 4.79 Å². The number of nitrogens with zero attached hydrogens (tertiary/aromatic N) is 3. The standard InChI is InChI=1S/C18H17F2N3O3/c1-3-16(24)22-7-8-23(11(2)10-22)18(25)15-9-14(21-26-15)17-12(19)5-4-6-13(17)20/h3-6,9,11H,1,7-8,10H2,2H3/t11-/m0/s1. The number of hydrogen-bond donors (Lipinski definition) is 0. The molecule has 1 aromatic heterocycles. The van der Waals surface area contributed by atoms with Gasteiger partial charge in [-0.3, -0.25) is 9.59 Å². The molecule has 1 aliphatic heterocycles. The molecule has 2 heterocycles. The molecule has 0 aliphatic carbocycles. The number of halogens is 2. The highest BCUT2D eigenvalue weighted by atomic mass is 19.1. The molecule has 1 aromatic carbocycles. The monoisotopic (exact) mass is 361 g/mol. The zero-order chi connectivity index (χ0) is 18.8. The van der Waals surface area contributed by atoms with Gasteiger partial charge in [-0.25, -0.2) is 8.78 Å². The summed E-state index contributed by atoms with van der Waals surface area (Å²) in [5.74, 6) is -2.33. The molecule has 0 radical (unpaired) electrons. The van der Waals surface area contributed by atoms with Crippen molar-refractivity contribution in [2.45, 2.75) is 13.0 Å². The number of aromatic nitrogens is 1. The Morgan fingerprint density at radius 2 is 2.00 bits per heavy atom. The van der Waals surface area contributed by atoms with Crippen molar-refractivity contribution in [3.05, 3.63) is 54.3 Å². The Bertz CT molecular complexity index is 845. The molecule has 8 heteroatoms. The number of amides is 2. The number of benzene rings is 1. The highest BCUT2D eigenvalue weighted by Gasteiger charge is 2.31. The normalized spacial score (nSPS) is 17.3. The summed E-state index contributed by atoms with van der Waals surface area (Å²) < 4.78 is 32.7. The molecule has 3 rings (SSSR count). The van der Waals surface area contributed by atoms with Crippen LogP contribution in [0.4, 0.5) is 8.78 Å². The van der Waals surface area contributed by atoms with E-state index in [0.29, 0.717) is 19.6 Å². The molecular weight excluding hydrogens is 344 g/mol. The van der Waals surface area contributed by atoms with Crippen molar-refractivity contribution in [2.75, 3.05) is 19.6 Å². The van der Waals surface area contributed by atoms with E-state index in [1.165, 1.54) is 23.1 Å². The van der Waals surface area contributed by atoms with Crippen molar-refractivity contribution in [1.82, 2.24) is 15.0 Å². The molecule has 0 bridgehead atoms. The Hall–Kier alpha value is -3.03. The van der Waals surface area contributed by atoms with Crippen molar-refractivity contribution in [3.8, 4) is 11.3 Å². The third-order valence-electron chi connectivity index (χ3n) is 4.31. The lowest BCUT2D eigenvalue weighted by Crippen LogP contribution is -2.55. The van der Waals surface area contributed by atoms with Gasteiger partial charge in [-0.15, -0.1) is 0 Å². The smallest absolute Gasteiger partial charge is 0.292 e. The van der Waals surface area contributed by atoms with Crippen LogP contribution in [0.25, 0.3) is 11.3 Å². The van der Waals surface area contributed by atoms with E-state index < -0.39 is 17.5 Å². The fraction of sp³-hybridized carbons (Fsp3) is 0.278. The fourth-order valence-electron chi connectivity index (χ4n) is 2.97. The Kier molecular flexibility index (Phi) is 4.83. The summed E-state index contributed by atoms with van der Waals surface area (Å²) >= 11 is 0. The summed E-state index contributed by atoms with van der Waals surface area (Å²) in [5.41, 5.74) is -0.429. The maximum absolute atomic E-state index is 13.9. The molecule has 0 saturated carbocycles. The number of carbonyl (C=O) groups is 2. The van der Waals surface area contributed by atoms with Gasteiger partial charge in [-0.05, 0) is 25.1 Å². The molecular formula is C18H17F2N3O3. The average molecular weight is 361 g/mol. The molecule has 1 atom stereocenters. The summed E-state index contributed by atoms with van der Waals surface area (Å²) in [5, 5.41) is 3.63. The molecule has 1 fully saturated rings. The number of hydrogen-bond acceptors (Lipinski definition) is 4. The van der Waals surface area contributed by atoms with Gasteiger partial charge in [-0.2, -0.15) is 0 Å². The number of carbonyl (C=O) groups excluding carboxylic acids is 2. The summed E-state index contributed by atoms with van der Waals surface area (Å²) in [4.78, 5) is 27.5. The van der Waals surface area contributed by atoms with E-state index in [9.17, 15) is 18.4 Å². The Labute approximate surface area is 148 Å². The number of piperazine rings is 1. The van der Waals surface area contributed by atoms with Gasteiger partial charge in [0.2, 0.25) is 11.7 Å². The molecule has 2 amide bonds. The van der Waals surface area contributed by atoms with Crippen molar-refractivity contribution in [2.24, 2.45) is 0 Å². The molecule has 1 saturated heterocycles. The van der Waals surface area contributed by atoms with Gasteiger partial charge in [0.15, 0.2) is 0 Å². The van der Waals surface area contributed by atoms with E-state index in [1.807, 2.05) is 0 Å². The van der Waals surface area contributed by atoms with Crippen molar-refractivity contribution >= 4 is 11.8 Å². The zero-order valence-electron chi connectivity index (χ0n) is 14.1. The van der Waals surface area contributed by atoms with Crippen LogP contribution >= 0.6 is 0 Å². The first-order valence-electron chi connectivity index (χ1n) is 8.05. The second-order valence-corrected chi connectivity index (χ2v) is 6.01. The predicted molar refractivity (Wildman–Crippen MR) is 89.1 cm³/mol. The summed E-state index contributed by atoms with van der Waals surface area (Å²) in [6, 6.07) is 4.42. The topological polar surface area (TPSA) is 66.7 Å². The van der Waals surface area contributed by atoms with E-state index in [4.69, 9.17) is 4.52 Å². The van der Waals surface area contributed by atoms with Crippen LogP contribution in [0.5, 0.6) is 0 Å². The first kappa shape index (κ1) is 17.8. The van der Waals surface area contributed by atoms with Gasteiger partial charge in [0.1, 0.15) is 17.3 Å². The van der Waals surface area contributed by atoms with E-state index in [0.717, 1.165) is 12.1 Å². The van der Waals surface area contributed by atoms with Crippen LogP contribution in [0, 0.1) is 11.6 Å². The van der Waals surface area contributed by atoms with Gasteiger partial charge >= 0.3 is 0 Å². The first-order valence-corrected chi connectivity index (χ1v) is 8.05. The molecule has 26 heavy (non-hydrogen) atoms. The highest BCUT2D eigenvalue weighted by molar-refractivity contribution is 5.93. The van der Waals surface area contributed by atoms with Gasteiger partial charge in [-0.1, -0.05) is 17.8 Å². The first-order chi connectivity index (χ1) is 12.4. The maximum atomic E-state index is 13.9. The molecule has 1 aliphatic rings. The van der Waals surface area contributed by atoms with Gasteiger partial charge in [0.25, 0.3) is 5.91 Å². The molecule has 2 aromatic rings. The lowest BCUT2D eigenvalue weighted by atomic mass is 10.1. The predicted octanol–water partition coefficient (Wildman–Crippen LogP) is 2.48. The van der Waals surface area contributed by atoms with E-state index >= 15 is 0 Å².